The predicted molar refractivity (Wildman–Crippen MR) is 97.9 cm³/mol. The molecule has 0 saturated heterocycles. The molecular formula is C19H23ClN2O3. The molecule has 0 fully saturated rings. The maximum absolute atomic E-state index is 12.2. The molecule has 0 aliphatic rings. The van der Waals surface area contributed by atoms with Crippen LogP contribution in [0.15, 0.2) is 30.3 Å². The van der Waals surface area contributed by atoms with Crippen molar-refractivity contribution in [1.29, 1.82) is 0 Å². The summed E-state index contributed by atoms with van der Waals surface area (Å²) in [6.07, 6.45) is 0. The number of halogens is 1. The molecule has 1 amide bonds. The summed E-state index contributed by atoms with van der Waals surface area (Å²) in [5.41, 5.74) is 3.22. The second-order valence-corrected chi connectivity index (χ2v) is 6.39. The largest absolute Gasteiger partial charge is 0.452 e. The molecule has 0 bridgehead atoms. The molecule has 0 radical (unpaired) electrons. The number of benzene rings is 1. The number of amides is 1. The molecule has 2 aromatic rings. The second kappa shape index (κ2) is 8.21. The standard InChI is InChI=1S/C19H23ClN2O3/c1-5-22-12(2)9-17(14(22)4)19(24)25-11-18(23)21-13(3)15-7-6-8-16(20)10-15/h6-10,13H,5,11H2,1-4H3,(H,21,23)/t13-/m0/s1. The Morgan fingerprint density at radius 1 is 1.28 bits per heavy atom. The molecule has 1 aromatic heterocycles. The first-order valence-electron chi connectivity index (χ1n) is 8.22. The zero-order valence-electron chi connectivity index (χ0n) is 14.9. The summed E-state index contributed by atoms with van der Waals surface area (Å²) in [5, 5.41) is 3.40. The third kappa shape index (κ3) is 4.63. The molecule has 25 heavy (non-hydrogen) atoms. The highest BCUT2D eigenvalue weighted by atomic mass is 35.5. The van der Waals surface area contributed by atoms with E-state index < -0.39 is 5.97 Å². The lowest BCUT2D eigenvalue weighted by Crippen LogP contribution is -2.31. The van der Waals surface area contributed by atoms with Crippen molar-refractivity contribution in [2.75, 3.05) is 6.61 Å². The van der Waals surface area contributed by atoms with Crippen molar-refractivity contribution in [1.82, 2.24) is 9.88 Å². The third-order valence-corrected chi connectivity index (χ3v) is 4.41. The van der Waals surface area contributed by atoms with E-state index in [1.165, 1.54) is 0 Å². The fourth-order valence-electron chi connectivity index (χ4n) is 2.85. The van der Waals surface area contributed by atoms with E-state index in [1.54, 1.807) is 18.2 Å². The van der Waals surface area contributed by atoms with E-state index in [-0.39, 0.29) is 18.6 Å². The van der Waals surface area contributed by atoms with Crippen molar-refractivity contribution in [3.05, 3.63) is 57.9 Å². The van der Waals surface area contributed by atoms with Gasteiger partial charge in [-0.25, -0.2) is 4.79 Å². The van der Waals surface area contributed by atoms with E-state index in [0.29, 0.717) is 10.6 Å². The van der Waals surface area contributed by atoms with Crippen LogP contribution in [0.4, 0.5) is 0 Å². The molecule has 0 aliphatic carbocycles. The molecule has 0 unspecified atom stereocenters. The molecule has 1 N–H and O–H groups in total. The Labute approximate surface area is 152 Å². The highest BCUT2D eigenvalue weighted by Gasteiger charge is 2.18. The molecule has 2 rings (SSSR count). The van der Waals surface area contributed by atoms with Gasteiger partial charge in [0.05, 0.1) is 11.6 Å². The van der Waals surface area contributed by atoms with E-state index >= 15 is 0 Å². The van der Waals surface area contributed by atoms with Crippen molar-refractivity contribution in [2.45, 2.75) is 40.3 Å². The molecule has 0 spiro atoms. The summed E-state index contributed by atoms with van der Waals surface area (Å²) in [7, 11) is 0. The number of hydrogen-bond donors (Lipinski definition) is 1. The smallest absolute Gasteiger partial charge is 0.340 e. The van der Waals surface area contributed by atoms with Crippen LogP contribution < -0.4 is 5.32 Å². The highest BCUT2D eigenvalue weighted by Crippen LogP contribution is 2.18. The van der Waals surface area contributed by atoms with Gasteiger partial charge in [-0.05, 0) is 51.5 Å². The van der Waals surface area contributed by atoms with Gasteiger partial charge >= 0.3 is 5.97 Å². The minimum atomic E-state index is -0.488. The van der Waals surface area contributed by atoms with Crippen molar-refractivity contribution in [3.8, 4) is 0 Å². The summed E-state index contributed by atoms with van der Waals surface area (Å²) in [4.78, 5) is 24.3. The number of aryl methyl sites for hydroxylation is 1. The Balaban J connectivity index is 1.92. The van der Waals surface area contributed by atoms with Gasteiger partial charge < -0.3 is 14.6 Å². The summed E-state index contributed by atoms with van der Waals surface area (Å²) < 4.78 is 7.18. The van der Waals surface area contributed by atoms with Crippen LogP contribution >= 0.6 is 11.6 Å². The van der Waals surface area contributed by atoms with Crippen molar-refractivity contribution in [2.24, 2.45) is 0 Å². The topological polar surface area (TPSA) is 60.3 Å². The zero-order valence-corrected chi connectivity index (χ0v) is 15.7. The molecule has 0 saturated carbocycles. The van der Waals surface area contributed by atoms with Crippen molar-refractivity contribution < 1.29 is 14.3 Å². The fourth-order valence-corrected chi connectivity index (χ4v) is 3.04. The van der Waals surface area contributed by atoms with Crippen LogP contribution in [0.2, 0.25) is 5.02 Å². The van der Waals surface area contributed by atoms with Crippen molar-refractivity contribution >= 4 is 23.5 Å². The van der Waals surface area contributed by atoms with Crippen LogP contribution in [0.5, 0.6) is 0 Å². The Hall–Kier alpha value is -2.27. The lowest BCUT2D eigenvalue weighted by atomic mass is 10.1. The summed E-state index contributed by atoms with van der Waals surface area (Å²) in [5.74, 6) is -0.844. The normalized spacial score (nSPS) is 11.9. The minimum absolute atomic E-state index is 0.227. The Kier molecular flexibility index (Phi) is 6.26. The van der Waals surface area contributed by atoms with Crippen LogP contribution in [-0.2, 0) is 16.1 Å². The predicted octanol–water partition coefficient (Wildman–Crippen LogP) is 3.81. The van der Waals surface area contributed by atoms with Gasteiger partial charge in [0.1, 0.15) is 0 Å². The van der Waals surface area contributed by atoms with Gasteiger partial charge in [0.15, 0.2) is 6.61 Å². The van der Waals surface area contributed by atoms with Crippen LogP contribution in [0.3, 0.4) is 0 Å². The monoisotopic (exact) mass is 362 g/mol. The molecule has 1 atom stereocenters. The minimum Gasteiger partial charge on any atom is -0.452 e. The number of ether oxygens (including phenoxy) is 1. The maximum atomic E-state index is 12.2. The number of esters is 1. The molecule has 134 valence electrons. The molecule has 0 aliphatic heterocycles. The average molecular weight is 363 g/mol. The van der Waals surface area contributed by atoms with Crippen LogP contribution in [0, 0.1) is 13.8 Å². The Morgan fingerprint density at radius 3 is 2.60 bits per heavy atom. The maximum Gasteiger partial charge on any atom is 0.340 e. The fraction of sp³-hybridized carbons (Fsp3) is 0.368. The number of carbonyl (C=O) groups excluding carboxylic acids is 2. The number of carbonyl (C=O) groups is 2. The number of aromatic nitrogens is 1. The van der Waals surface area contributed by atoms with E-state index in [4.69, 9.17) is 16.3 Å². The van der Waals surface area contributed by atoms with Crippen LogP contribution in [0.1, 0.15) is 47.2 Å². The van der Waals surface area contributed by atoms with Gasteiger partial charge in [0.2, 0.25) is 0 Å². The van der Waals surface area contributed by atoms with Gasteiger partial charge in [-0.2, -0.15) is 0 Å². The first-order valence-corrected chi connectivity index (χ1v) is 8.60. The molecule has 1 heterocycles. The van der Waals surface area contributed by atoms with Crippen LogP contribution in [0.25, 0.3) is 0 Å². The summed E-state index contributed by atoms with van der Waals surface area (Å²) in [6, 6.07) is 8.82. The summed E-state index contributed by atoms with van der Waals surface area (Å²) in [6.45, 7) is 8.13. The third-order valence-electron chi connectivity index (χ3n) is 4.17. The lowest BCUT2D eigenvalue weighted by Gasteiger charge is -2.14. The van der Waals surface area contributed by atoms with E-state index in [9.17, 15) is 9.59 Å². The molecule has 5 nitrogen and oxygen atoms in total. The number of rotatable bonds is 6. The SMILES string of the molecule is CCn1c(C)cc(C(=O)OCC(=O)N[C@@H](C)c2cccc(Cl)c2)c1C. The van der Waals surface area contributed by atoms with E-state index in [1.807, 2.05) is 44.4 Å². The Morgan fingerprint density at radius 2 is 2.00 bits per heavy atom. The average Bonchev–Trinajstić information content (AvgIpc) is 2.86. The first-order chi connectivity index (χ1) is 11.8. The van der Waals surface area contributed by atoms with E-state index in [2.05, 4.69) is 5.32 Å². The number of nitrogens with one attached hydrogen (secondary N) is 1. The van der Waals surface area contributed by atoms with Gasteiger partial charge in [-0.15, -0.1) is 0 Å². The molecule has 1 aromatic carbocycles. The lowest BCUT2D eigenvalue weighted by molar-refractivity contribution is -0.124. The second-order valence-electron chi connectivity index (χ2n) is 5.95. The zero-order chi connectivity index (χ0) is 18.6. The van der Waals surface area contributed by atoms with Gasteiger partial charge in [0.25, 0.3) is 5.91 Å². The number of hydrogen-bond acceptors (Lipinski definition) is 3. The summed E-state index contributed by atoms with van der Waals surface area (Å²) >= 11 is 5.95. The van der Waals surface area contributed by atoms with Gasteiger partial charge in [0, 0.05) is 23.0 Å². The quantitative estimate of drug-likeness (QED) is 0.795. The van der Waals surface area contributed by atoms with Crippen molar-refractivity contribution in [3.63, 3.8) is 0 Å². The molecule has 6 heteroatoms. The Bertz CT molecular complexity index is 783. The van der Waals surface area contributed by atoms with Gasteiger partial charge in [-0.1, -0.05) is 23.7 Å². The molecular weight excluding hydrogens is 340 g/mol. The van der Waals surface area contributed by atoms with E-state index in [0.717, 1.165) is 23.5 Å². The highest BCUT2D eigenvalue weighted by molar-refractivity contribution is 6.30. The van der Waals surface area contributed by atoms with Crippen LogP contribution in [-0.4, -0.2) is 23.1 Å². The number of nitrogens with zero attached hydrogens (tertiary/aromatic N) is 1. The van der Waals surface area contributed by atoms with Gasteiger partial charge in [-0.3, -0.25) is 4.79 Å². The first kappa shape index (κ1) is 19.1.